The highest BCUT2D eigenvalue weighted by atomic mass is 16.1. The molecule has 0 aliphatic heterocycles. The normalized spacial score (nSPS) is 17.7. The SMILES string of the molecule is O=c1c2c3c(ccc2c2ccc4c(c2n1-c1nc(-c2ccccc2)c2ccccc2n1)C1C=CC=CC1C/C4=C/c1ccccc1)C(c1cccc(-c2ccccc2)c1)Cc1ccccc1-3. The van der Waals surface area contributed by atoms with Crippen LogP contribution in [0.25, 0.3) is 83.7 Å². The molecule has 312 valence electrons. The van der Waals surface area contributed by atoms with E-state index >= 15 is 4.79 Å². The molecule has 2 aromatic heterocycles. The van der Waals surface area contributed by atoms with Gasteiger partial charge in [-0.2, -0.15) is 0 Å². The number of pyridine rings is 1. The van der Waals surface area contributed by atoms with E-state index in [2.05, 4.69) is 182 Å². The minimum atomic E-state index is -0.114. The van der Waals surface area contributed by atoms with Gasteiger partial charge in [-0.3, -0.25) is 4.79 Å². The second-order valence-corrected chi connectivity index (χ2v) is 17.9. The number of hydrogen-bond donors (Lipinski definition) is 0. The van der Waals surface area contributed by atoms with Crippen LogP contribution in [0.2, 0.25) is 0 Å². The average molecular weight is 846 g/mol. The quantitative estimate of drug-likeness (QED) is 0.162. The van der Waals surface area contributed by atoms with Gasteiger partial charge in [0.05, 0.1) is 22.1 Å². The van der Waals surface area contributed by atoms with Crippen LogP contribution in [-0.2, 0) is 6.42 Å². The third-order valence-corrected chi connectivity index (χ3v) is 14.2. The van der Waals surface area contributed by atoms with Gasteiger partial charge in [0.1, 0.15) is 0 Å². The number of para-hydroxylation sites is 1. The lowest BCUT2D eigenvalue weighted by Crippen LogP contribution is -2.27. The summed E-state index contributed by atoms with van der Waals surface area (Å²) in [6.07, 6.45) is 13.1. The molecule has 8 aromatic carbocycles. The van der Waals surface area contributed by atoms with Crippen molar-refractivity contribution in [2.75, 3.05) is 0 Å². The molecule has 3 unspecified atom stereocenters. The van der Waals surface area contributed by atoms with E-state index in [-0.39, 0.29) is 23.3 Å². The zero-order valence-electron chi connectivity index (χ0n) is 36.2. The molecule has 10 aromatic rings. The smallest absolute Gasteiger partial charge is 0.266 e. The van der Waals surface area contributed by atoms with E-state index < -0.39 is 0 Å². The molecule has 66 heavy (non-hydrogen) atoms. The van der Waals surface area contributed by atoms with E-state index in [0.717, 1.165) is 84.7 Å². The Labute approximate surface area is 383 Å². The monoisotopic (exact) mass is 845 g/mol. The molecule has 0 fully saturated rings. The van der Waals surface area contributed by atoms with Crippen molar-refractivity contribution < 1.29 is 0 Å². The summed E-state index contributed by atoms with van der Waals surface area (Å²) < 4.78 is 1.90. The largest absolute Gasteiger partial charge is 0.268 e. The third kappa shape index (κ3) is 6.17. The highest BCUT2D eigenvalue weighted by Gasteiger charge is 2.36. The molecule has 0 amide bonds. The molecular weight excluding hydrogens is 803 g/mol. The Morgan fingerprint density at radius 2 is 1.27 bits per heavy atom. The highest BCUT2D eigenvalue weighted by Crippen LogP contribution is 2.51. The molecule has 4 heteroatoms. The van der Waals surface area contributed by atoms with Crippen molar-refractivity contribution in [3.8, 4) is 39.5 Å². The van der Waals surface area contributed by atoms with Crippen molar-refractivity contribution in [2.24, 2.45) is 5.92 Å². The summed E-state index contributed by atoms with van der Waals surface area (Å²) in [6, 6.07) is 66.4. The number of benzene rings is 8. The number of aromatic nitrogens is 3. The second-order valence-electron chi connectivity index (χ2n) is 17.9. The van der Waals surface area contributed by atoms with Crippen LogP contribution in [0.5, 0.6) is 0 Å². The first kappa shape index (κ1) is 38.3. The van der Waals surface area contributed by atoms with E-state index in [1.165, 1.54) is 27.8 Å². The first-order valence-corrected chi connectivity index (χ1v) is 23.0. The third-order valence-electron chi connectivity index (χ3n) is 14.2. The number of rotatable bonds is 5. The van der Waals surface area contributed by atoms with Crippen molar-refractivity contribution in [2.45, 2.75) is 24.7 Å². The van der Waals surface area contributed by atoms with Crippen LogP contribution in [0.3, 0.4) is 0 Å². The molecule has 0 saturated heterocycles. The Morgan fingerprint density at radius 1 is 0.561 bits per heavy atom. The predicted octanol–water partition coefficient (Wildman–Crippen LogP) is 14.5. The molecule has 13 rings (SSSR count). The zero-order chi connectivity index (χ0) is 43.7. The molecule has 4 nitrogen and oxygen atoms in total. The highest BCUT2D eigenvalue weighted by molar-refractivity contribution is 6.14. The second kappa shape index (κ2) is 15.5. The molecule has 3 atom stereocenters. The summed E-state index contributed by atoms with van der Waals surface area (Å²) in [5.74, 6) is 0.654. The lowest BCUT2D eigenvalue weighted by molar-refractivity contribution is 0.577. The van der Waals surface area contributed by atoms with E-state index in [4.69, 9.17) is 9.97 Å². The Bertz CT molecular complexity index is 3730. The molecule has 0 N–H and O–H groups in total. The van der Waals surface area contributed by atoms with Gasteiger partial charge in [0.2, 0.25) is 5.95 Å². The minimum absolute atomic E-state index is 0.0299. The fraction of sp³-hybridized carbons (Fsp3) is 0.0806. The maximum atomic E-state index is 16.5. The van der Waals surface area contributed by atoms with Crippen LogP contribution in [0, 0.1) is 5.92 Å². The number of nitrogens with zero attached hydrogens (tertiary/aromatic N) is 3. The van der Waals surface area contributed by atoms with E-state index in [9.17, 15) is 0 Å². The summed E-state index contributed by atoms with van der Waals surface area (Å²) >= 11 is 0. The van der Waals surface area contributed by atoms with Crippen LogP contribution in [-0.4, -0.2) is 14.5 Å². The Kier molecular flexibility index (Phi) is 8.99. The molecule has 3 aliphatic carbocycles. The fourth-order valence-electron chi connectivity index (χ4n) is 11.3. The van der Waals surface area contributed by atoms with Crippen LogP contribution < -0.4 is 5.56 Å². The van der Waals surface area contributed by atoms with Crippen LogP contribution in [0.4, 0.5) is 0 Å². The summed E-state index contributed by atoms with van der Waals surface area (Å²) in [6.45, 7) is 0. The lowest BCUT2D eigenvalue weighted by Gasteiger charge is -2.35. The van der Waals surface area contributed by atoms with Crippen molar-refractivity contribution in [1.82, 2.24) is 14.5 Å². The fourth-order valence-corrected chi connectivity index (χ4v) is 11.3. The Balaban J connectivity index is 1.16. The molecule has 0 bridgehead atoms. The summed E-state index contributed by atoms with van der Waals surface area (Å²) in [5.41, 5.74) is 16.1. The minimum Gasteiger partial charge on any atom is -0.268 e. The number of allylic oxidation sites excluding steroid dienone is 5. The topological polar surface area (TPSA) is 47.8 Å². The average Bonchev–Trinajstić information content (AvgIpc) is 3.38. The summed E-state index contributed by atoms with van der Waals surface area (Å²) in [5, 5.41) is 3.59. The van der Waals surface area contributed by atoms with Crippen molar-refractivity contribution in [3.05, 3.63) is 256 Å². The van der Waals surface area contributed by atoms with Gasteiger partial charge in [-0.1, -0.05) is 212 Å². The molecular formula is C62H43N3O. The first-order valence-electron chi connectivity index (χ1n) is 23.0. The Morgan fingerprint density at radius 3 is 2.12 bits per heavy atom. The zero-order valence-corrected chi connectivity index (χ0v) is 36.2. The van der Waals surface area contributed by atoms with Gasteiger partial charge in [-0.25, -0.2) is 14.5 Å². The van der Waals surface area contributed by atoms with E-state index in [1.54, 1.807) is 0 Å². The van der Waals surface area contributed by atoms with Crippen LogP contribution in [0.1, 0.15) is 51.6 Å². The lowest BCUT2D eigenvalue weighted by atomic mass is 9.69. The maximum Gasteiger partial charge on any atom is 0.266 e. The number of fused-ring (bicyclic) bond motifs is 12. The van der Waals surface area contributed by atoms with E-state index in [1.807, 2.05) is 41.0 Å². The Hall–Kier alpha value is -8.21. The van der Waals surface area contributed by atoms with Gasteiger partial charge < -0.3 is 0 Å². The van der Waals surface area contributed by atoms with Crippen LogP contribution >= 0.6 is 0 Å². The van der Waals surface area contributed by atoms with Crippen molar-refractivity contribution in [1.29, 1.82) is 0 Å². The molecule has 0 spiro atoms. The summed E-state index contributed by atoms with van der Waals surface area (Å²) in [4.78, 5) is 27.4. The molecule has 0 saturated carbocycles. The van der Waals surface area contributed by atoms with E-state index in [0.29, 0.717) is 11.3 Å². The van der Waals surface area contributed by atoms with Crippen LogP contribution in [0.15, 0.2) is 217 Å². The molecule has 0 radical (unpaired) electrons. The van der Waals surface area contributed by atoms with Gasteiger partial charge >= 0.3 is 0 Å². The standard InChI is InChI=1S/C62H43N3O/c66-61-58-50(32-33-51-54(38-45-24-11-12-27-47(45)56(51)58)44-26-16-25-42(36-44)40-19-6-2-7-20-40)52-34-31-49-46(35-39-17-4-1-5-18-39)37-43-23-10-13-28-48(43)57(49)60(52)65(61)62-63-55-30-15-14-29-53(55)59(64-62)41-21-8-3-9-22-41/h1-36,43,48,54H,37-38H2/b46-35-. The van der Waals surface area contributed by atoms with Gasteiger partial charge in [0.25, 0.3) is 5.56 Å². The predicted molar refractivity (Wildman–Crippen MR) is 272 cm³/mol. The van der Waals surface area contributed by atoms with Gasteiger partial charge in [0.15, 0.2) is 0 Å². The molecule has 3 aliphatic rings. The maximum absolute atomic E-state index is 16.5. The summed E-state index contributed by atoms with van der Waals surface area (Å²) in [7, 11) is 0. The number of hydrogen-bond acceptors (Lipinski definition) is 3. The first-order chi connectivity index (χ1) is 32.7. The van der Waals surface area contributed by atoms with Gasteiger partial charge in [-0.15, -0.1) is 0 Å². The molecule has 2 heterocycles. The van der Waals surface area contributed by atoms with Crippen molar-refractivity contribution in [3.63, 3.8) is 0 Å². The van der Waals surface area contributed by atoms with Gasteiger partial charge in [-0.05, 0) is 91.4 Å². The van der Waals surface area contributed by atoms with Gasteiger partial charge in [0, 0.05) is 28.2 Å². The van der Waals surface area contributed by atoms with Crippen molar-refractivity contribution >= 4 is 44.2 Å².